The van der Waals surface area contributed by atoms with Crippen LogP contribution in [-0.4, -0.2) is 34.0 Å². The monoisotopic (exact) mass is 404 g/mol. The normalized spacial score (nSPS) is 24.3. The van der Waals surface area contributed by atoms with Crippen LogP contribution in [0, 0.1) is 0 Å². The molecule has 1 aromatic carbocycles. The van der Waals surface area contributed by atoms with E-state index in [9.17, 15) is 15.0 Å². The number of carbonyl (C=O) groups excluding carboxylic acids is 1. The van der Waals surface area contributed by atoms with E-state index >= 15 is 0 Å². The lowest BCUT2D eigenvalue weighted by Gasteiger charge is -2.29. The van der Waals surface area contributed by atoms with Crippen molar-refractivity contribution in [3.8, 4) is 0 Å². The molecule has 3 atom stereocenters. The van der Waals surface area contributed by atoms with Gasteiger partial charge in [0, 0.05) is 0 Å². The highest BCUT2D eigenvalue weighted by Gasteiger charge is 2.40. The van der Waals surface area contributed by atoms with Crippen molar-refractivity contribution in [3.05, 3.63) is 33.3 Å². The van der Waals surface area contributed by atoms with Crippen LogP contribution in [-0.2, 0) is 4.79 Å². The molecule has 0 saturated carbocycles. The number of nitrogens with one attached hydrogen (secondary N) is 1. The number of rotatable bonds is 3. The van der Waals surface area contributed by atoms with Crippen LogP contribution >= 0.6 is 34.8 Å². The number of benzene rings is 1. The van der Waals surface area contributed by atoms with Crippen LogP contribution < -0.4 is 10.2 Å². The molecule has 8 heteroatoms. The lowest BCUT2D eigenvalue weighted by atomic mass is 9.93. The summed E-state index contributed by atoms with van der Waals surface area (Å²) >= 11 is 18.2. The molecule has 0 bridgehead atoms. The molecule has 3 rings (SSSR count). The Hall–Kier alpha value is -0.980. The molecule has 1 aliphatic carbocycles. The van der Waals surface area contributed by atoms with Gasteiger partial charge in [-0.1, -0.05) is 23.2 Å². The number of aliphatic hydroxyl groups is 2. The number of hydrogen-bond acceptors (Lipinski definition) is 4. The van der Waals surface area contributed by atoms with E-state index in [1.165, 1.54) is 11.0 Å². The summed E-state index contributed by atoms with van der Waals surface area (Å²) in [6.07, 6.45) is 1.59. The van der Waals surface area contributed by atoms with Crippen molar-refractivity contribution in [1.82, 2.24) is 0 Å². The molecule has 1 aromatic rings. The number of hydrogen-bond donors (Lipinski definition) is 3. The van der Waals surface area contributed by atoms with Gasteiger partial charge in [0.05, 0.1) is 21.4 Å². The third-order valence-corrected chi connectivity index (χ3v) is 5.45. The van der Waals surface area contributed by atoms with Gasteiger partial charge >= 0.3 is 0 Å². The molecule has 5 nitrogen and oxygen atoms in total. The third-order valence-electron chi connectivity index (χ3n) is 4.64. The Morgan fingerprint density at radius 2 is 1.72 bits per heavy atom. The van der Waals surface area contributed by atoms with Gasteiger partial charge in [-0.2, -0.15) is 0 Å². The van der Waals surface area contributed by atoms with Crippen molar-refractivity contribution in [1.29, 1.82) is 0 Å². The second kappa shape index (κ2) is 7.33. The molecule has 2 aliphatic rings. The number of nitrogens with zero attached hydrogens (tertiary/aromatic N) is 1. The number of amides is 1. The minimum Gasteiger partial charge on any atom is -0.369 e. The molecule has 3 N–H and O–H groups in total. The quantitative estimate of drug-likeness (QED) is 0.527. The maximum Gasteiger partial charge on any atom is 0.242 e. The predicted molar refractivity (Wildman–Crippen MR) is 100 cm³/mol. The largest absolute Gasteiger partial charge is 0.369 e. The molecule has 0 spiro atoms. The lowest BCUT2D eigenvalue weighted by Crippen LogP contribution is -2.39. The first-order valence-corrected chi connectivity index (χ1v) is 9.30. The van der Waals surface area contributed by atoms with Crippen molar-refractivity contribution in [2.75, 3.05) is 10.2 Å². The summed E-state index contributed by atoms with van der Waals surface area (Å²) < 4.78 is 0. The van der Waals surface area contributed by atoms with E-state index in [0.717, 1.165) is 36.8 Å². The predicted octanol–water partition coefficient (Wildman–Crippen LogP) is 3.89. The molecule has 3 unspecified atom stereocenters. The Bertz CT molecular complexity index is 714. The Morgan fingerprint density at radius 3 is 2.24 bits per heavy atom. The number of anilines is 2. The van der Waals surface area contributed by atoms with Gasteiger partial charge in [-0.25, -0.2) is 0 Å². The highest BCUT2D eigenvalue weighted by atomic mass is 35.5. The summed E-state index contributed by atoms with van der Waals surface area (Å²) in [5.74, 6) is -0.406. The maximum atomic E-state index is 11.9. The third kappa shape index (κ3) is 3.49. The Balaban J connectivity index is 1.96. The molecule has 0 aromatic heterocycles. The second-order valence-corrected chi connectivity index (χ2v) is 7.77. The van der Waals surface area contributed by atoms with E-state index in [1.54, 1.807) is 13.0 Å². The summed E-state index contributed by atoms with van der Waals surface area (Å²) in [5, 5.41) is 23.8. The number of halogens is 3. The van der Waals surface area contributed by atoms with Crippen LogP contribution in [0.4, 0.5) is 11.4 Å². The van der Waals surface area contributed by atoms with Crippen molar-refractivity contribution in [2.45, 2.75) is 50.4 Å². The van der Waals surface area contributed by atoms with Crippen molar-refractivity contribution >= 4 is 52.1 Å². The fourth-order valence-electron chi connectivity index (χ4n) is 3.34. The van der Waals surface area contributed by atoms with Crippen LogP contribution in [0.1, 0.15) is 32.6 Å². The summed E-state index contributed by atoms with van der Waals surface area (Å²) in [5.41, 5.74) is 2.43. The zero-order chi connectivity index (χ0) is 18.3. The number of carbonyl (C=O) groups is 1. The molecule has 0 saturated heterocycles. The summed E-state index contributed by atoms with van der Waals surface area (Å²) in [4.78, 5) is 13.3. The van der Waals surface area contributed by atoms with Gasteiger partial charge in [0.25, 0.3) is 0 Å². The van der Waals surface area contributed by atoms with Crippen LogP contribution in [0.15, 0.2) is 23.3 Å². The average molecular weight is 406 g/mol. The summed E-state index contributed by atoms with van der Waals surface area (Å²) in [7, 11) is 0. The first-order chi connectivity index (χ1) is 11.8. The molecule has 1 amide bonds. The first kappa shape index (κ1) is 18.8. The van der Waals surface area contributed by atoms with Gasteiger partial charge in [0.1, 0.15) is 5.38 Å². The van der Waals surface area contributed by atoms with E-state index in [4.69, 9.17) is 34.8 Å². The molecule has 1 aliphatic heterocycles. The van der Waals surface area contributed by atoms with Gasteiger partial charge in [-0.3, -0.25) is 4.79 Å². The second-order valence-electron chi connectivity index (χ2n) is 6.30. The van der Waals surface area contributed by atoms with Gasteiger partial charge in [-0.05, 0) is 55.9 Å². The zero-order valence-electron chi connectivity index (χ0n) is 13.6. The summed E-state index contributed by atoms with van der Waals surface area (Å²) in [6.45, 7) is 1.55. The molecule has 136 valence electrons. The summed E-state index contributed by atoms with van der Waals surface area (Å²) in [6, 6.07) is 3.02. The zero-order valence-corrected chi connectivity index (χ0v) is 15.9. The van der Waals surface area contributed by atoms with E-state index in [2.05, 4.69) is 5.32 Å². The van der Waals surface area contributed by atoms with Crippen LogP contribution in [0.2, 0.25) is 10.0 Å². The number of aliphatic hydroxyl groups excluding tert-OH is 2. The van der Waals surface area contributed by atoms with Gasteiger partial charge < -0.3 is 20.4 Å². The molecule has 1 heterocycles. The average Bonchev–Trinajstić information content (AvgIpc) is 2.82. The Kier molecular flexibility index (Phi) is 5.51. The topological polar surface area (TPSA) is 72.8 Å². The fraction of sp³-hybridized carbons (Fsp3) is 0.471. The van der Waals surface area contributed by atoms with E-state index in [0.29, 0.717) is 11.4 Å². The van der Waals surface area contributed by atoms with E-state index in [1.807, 2.05) is 0 Å². The van der Waals surface area contributed by atoms with Gasteiger partial charge in [-0.15, -0.1) is 11.6 Å². The molecular weight excluding hydrogens is 387 g/mol. The van der Waals surface area contributed by atoms with Crippen LogP contribution in [0.5, 0.6) is 0 Å². The highest BCUT2D eigenvalue weighted by molar-refractivity contribution is 6.39. The van der Waals surface area contributed by atoms with E-state index < -0.39 is 23.7 Å². The smallest absolute Gasteiger partial charge is 0.242 e. The minimum absolute atomic E-state index is 0.250. The Morgan fingerprint density at radius 1 is 1.16 bits per heavy atom. The first-order valence-electron chi connectivity index (χ1n) is 8.11. The molecule has 0 radical (unpaired) electrons. The van der Waals surface area contributed by atoms with Crippen molar-refractivity contribution < 1.29 is 15.0 Å². The van der Waals surface area contributed by atoms with Crippen LogP contribution in [0.3, 0.4) is 0 Å². The molecule has 0 fully saturated rings. The van der Waals surface area contributed by atoms with Crippen LogP contribution in [0.25, 0.3) is 0 Å². The van der Waals surface area contributed by atoms with Gasteiger partial charge in [0.2, 0.25) is 5.91 Å². The lowest BCUT2D eigenvalue weighted by molar-refractivity contribution is -0.115. The fourth-order valence-corrected chi connectivity index (χ4v) is 3.92. The Labute approximate surface area is 161 Å². The van der Waals surface area contributed by atoms with Crippen molar-refractivity contribution in [2.24, 2.45) is 0 Å². The maximum absolute atomic E-state index is 11.9. The standard InChI is InChI=1S/C17H19Cl3N2O3/c1-8(18)15(23)21-13-7-14(12(20)6-11(13)19)22-16(24)9-4-2-3-5-10(9)17(22)25/h6-8,16-17,24-25H,2-5H2,1H3,(H,21,23). The number of alkyl halides is 1. The van der Waals surface area contributed by atoms with E-state index in [-0.39, 0.29) is 10.0 Å². The SMILES string of the molecule is CC(Cl)C(=O)Nc1cc(N2C(O)C3=C(CCCC3)C2O)c(Cl)cc1Cl. The van der Waals surface area contributed by atoms with Crippen molar-refractivity contribution in [3.63, 3.8) is 0 Å². The molecular formula is C17H19Cl3N2O3. The molecule has 25 heavy (non-hydrogen) atoms. The minimum atomic E-state index is -0.945. The highest BCUT2D eigenvalue weighted by Crippen LogP contribution is 2.44. The van der Waals surface area contributed by atoms with Gasteiger partial charge in [0.15, 0.2) is 12.5 Å².